The number of rotatable bonds is 8. The number of nitrogens with zero attached hydrogens (tertiary/aromatic N) is 1. The van der Waals surface area contributed by atoms with Crippen LogP contribution in [0.3, 0.4) is 0 Å². The zero-order valence-corrected chi connectivity index (χ0v) is 12.9. The summed E-state index contributed by atoms with van der Waals surface area (Å²) in [6, 6.07) is 3.32. The van der Waals surface area contributed by atoms with Gasteiger partial charge in [0, 0.05) is 32.9 Å². The monoisotopic (exact) mass is 317 g/mol. The van der Waals surface area contributed by atoms with Crippen molar-refractivity contribution in [1.29, 1.82) is 0 Å². The summed E-state index contributed by atoms with van der Waals surface area (Å²) in [5.41, 5.74) is -0.0312. The van der Waals surface area contributed by atoms with Gasteiger partial charge in [-0.25, -0.2) is 13.1 Å². The number of nitrogens with one attached hydrogen (secondary N) is 2. The molecule has 9 heteroatoms. The fourth-order valence-corrected chi connectivity index (χ4v) is 3.03. The highest BCUT2D eigenvalue weighted by molar-refractivity contribution is 7.89. The highest BCUT2D eigenvalue weighted by Gasteiger charge is 2.21. The molecule has 1 unspecified atom stereocenters. The van der Waals surface area contributed by atoms with Gasteiger partial charge >= 0.3 is 0 Å². The molecule has 0 aliphatic heterocycles. The van der Waals surface area contributed by atoms with Gasteiger partial charge in [-0.05, 0) is 25.5 Å². The van der Waals surface area contributed by atoms with Crippen LogP contribution in [0.25, 0.3) is 0 Å². The largest absolute Gasteiger partial charge is 0.385 e. The minimum atomic E-state index is -3.73. The van der Waals surface area contributed by atoms with Crippen molar-refractivity contribution in [3.8, 4) is 0 Å². The predicted octanol–water partition coefficient (Wildman–Crippen LogP) is 1.34. The lowest BCUT2D eigenvalue weighted by Gasteiger charge is -2.14. The molecular formula is C12H19N3O5S. The van der Waals surface area contributed by atoms with Crippen molar-refractivity contribution in [1.82, 2.24) is 4.72 Å². The van der Waals surface area contributed by atoms with Crippen LogP contribution in [0.2, 0.25) is 0 Å². The van der Waals surface area contributed by atoms with E-state index < -0.39 is 14.9 Å². The van der Waals surface area contributed by atoms with Crippen molar-refractivity contribution >= 4 is 21.4 Å². The SMILES string of the molecule is CNc1cc(S(=O)(=O)NC(C)CCOC)ccc1[N+](=O)[O-]. The molecule has 2 N–H and O–H groups in total. The number of anilines is 1. The first-order valence-corrected chi connectivity index (χ1v) is 7.77. The number of hydrogen-bond acceptors (Lipinski definition) is 6. The maximum atomic E-state index is 12.2. The van der Waals surface area contributed by atoms with Crippen molar-refractivity contribution in [3.63, 3.8) is 0 Å². The molecule has 0 spiro atoms. The highest BCUT2D eigenvalue weighted by Crippen LogP contribution is 2.27. The van der Waals surface area contributed by atoms with E-state index in [1.165, 1.54) is 32.4 Å². The second kappa shape index (κ2) is 7.34. The second-order valence-electron chi connectivity index (χ2n) is 4.49. The maximum Gasteiger partial charge on any atom is 0.292 e. The Bertz CT molecular complexity index is 603. The van der Waals surface area contributed by atoms with Crippen LogP contribution in [0.1, 0.15) is 13.3 Å². The summed E-state index contributed by atoms with van der Waals surface area (Å²) in [5.74, 6) is 0. The first kappa shape index (κ1) is 17.3. The molecule has 1 aromatic rings. The van der Waals surface area contributed by atoms with Gasteiger partial charge < -0.3 is 10.1 Å². The second-order valence-corrected chi connectivity index (χ2v) is 6.20. The third kappa shape index (κ3) is 4.66. The van der Waals surface area contributed by atoms with E-state index in [2.05, 4.69) is 10.0 Å². The summed E-state index contributed by atoms with van der Waals surface area (Å²) >= 11 is 0. The smallest absolute Gasteiger partial charge is 0.292 e. The van der Waals surface area contributed by atoms with Gasteiger partial charge in [0.15, 0.2) is 0 Å². The van der Waals surface area contributed by atoms with Crippen molar-refractivity contribution in [2.45, 2.75) is 24.3 Å². The summed E-state index contributed by atoms with van der Waals surface area (Å²) in [7, 11) is -0.701. The molecular weight excluding hydrogens is 298 g/mol. The lowest BCUT2D eigenvalue weighted by atomic mass is 10.3. The van der Waals surface area contributed by atoms with Gasteiger partial charge in [0.1, 0.15) is 5.69 Å². The minimum absolute atomic E-state index is 0.0262. The molecule has 0 saturated carbocycles. The van der Waals surface area contributed by atoms with E-state index in [0.717, 1.165) is 0 Å². The van der Waals surface area contributed by atoms with Crippen LogP contribution in [-0.4, -0.2) is 40.1 Å². The maximum absolute atomic E-state index is 12.2. The number of benzene rings is 1. The van der Waals surface area contributed by atoms with Gasteiger partial charge in [-0.3, -0.25) is 10.1 Å². The van der Waals surface area contributed by atoms with Gasteiger partial charge in [0.25, 0.3) is 5.69 Å². The van der Waals surface area contributed by atoms with Crippen LogP contribution >= 0.6 is 0 Å². The molecule has 0 aliphatic carbocycles. The topological polar surface area (TPSA) is 111 Å². The summed E-state index contributed by atoms with van der Waals surface area (Å²) < 4.78 is 31.8. The van der Waals surface area contributed by atoms with Crippen molar-refractivity contribution in [2.24, 2.45) is 0 Å². The molecule has 8 nitrogen and oxygen atoms in total. The lowest BCUT2D eigenvalue weighted by molar-refractivity contribution is -0.384. The van der Waals surface area contributed by atoms with E-state index in [9.17, 15) is 18.5 Å². The van der Waals surface area contributed by atoms with Gasteiger partial charge in [-0.1, -0.05) is 0 Å². The normalized spacial score (nSPS) is 12.9. The highest BCUT2D eigenvalue weighted by atomic mass is 32.2. The van der Waals surface area contributed by atoms with Gasteiger partial charge in [-0.15, -0.1) is 0 Å². The fourth-order valence-electron chi connectivity index (χ4n) is 1.73. The lowest BCUT2D eigenvalue weighted by Crippen LogP contribution is -2.33. The molecule has 1 rings (SSSR count). The van der Waals surface area contributed by atoms with E-state index in [1.54, 1.807) is 6.92 Å². The molecule has 118 valence electrons. The zero-order chi connectivity index (χ0) is 16.0. The Morgan fingerprint density at radius 2 is 2.10 bits per heavy atom. The number of sulfonamides is 1. The molecule has 0 amide bonds. The third-order valence-corrected chi connectivity index (χ3v) is 4.44. The third-order valence-electron chi connectivity index (χ3n) is 2.86. The average Bonchev–Trinajstić information content (AvgIpc) is 2.43. The first-order chi connectivity index (χ1) is 9.81. The summed E-state index contributed by atoms with van der Waals surface area (Å²) in [6.07, 6.45) is 0.529. The molecule has 21 heavy (non-hydrogen) atoms. The molecule has 0 bridgehead atoms. The van der Waals surface area contributed by atoms with Gasteiger partial charge in [-0.2, -0.15) is 0 Å². The zero-order valence-electron chi connectivity index (χ0n) is 12.1. The number of nitro benzene ring substituents is 1. The molecule has 0 aliphatic rings. The molecule has 0 radical (unpaired) electrons. The molecule has 1 atom stereocenters. The predicted molar refractivity (Wildman–Crippen MR) is 78.9 cm³/mol. The fraction of sp³-hybridized carbons (Fsp3) is 0.500. The minimum Gasteiger partial charge on any atom is -0.385 e. The Hall–Kier alpha value is -1.71. The number of nitro groups is 1. The van der Waals surface area contributed by atoms with Crippen LogP contribution in [0.15, 0.2) is 23.1 Å². The van der Waals surface area contributed by atoms with Crippen LogP contribution in [0, 0.1) is 10.1 Å². The van der Waals surface area contributed by atoms with E-state index in [1.807, 2.05) is 0 Å². The summed E-state index contributed by atoms with van der Waals surface area (Å²) in [6.45, 7) is 2.16. The Morgan fingerprint density at radius 1 is 1.43 bits per heavy atom. The first-order valence-electron chi connectivity index (χ1n) is 6.29. The number of methoxy groups -OCH3 is 1. The van der Waals surface area contributed by atoms with Crippen LogP contribution in [0.4, 0.5) is 11.4 Å². The van der Waals surface area contributed by atoms with Crippen molar-refractivity contribution < 1.29 is 18.1 Å². The van der Waals surface area contributed by atoms with Gasteiger partial charge in [0.05, 0.1) is 9.82 Å². The molecule has 1 aromatic carbocycles. The Morgan fingerprint density at radius 3 is 2.62 bits per heavy atom. The van der Waals surface area contributed by atoms with Crippen molar-refractivity contribution in [3.05, 3.63) is 28.3 Å². The van der Waals surface area contributed by atoms with E-state index in [-0.39, 0.29) is 22.3 Å². The van der Waals surface area contributed by atoms with Crippen LogP contribution in [-0.2, 0) is 14.8 Å². The van der Waals surface area contributed by atoms with E-state index >= 15 is 0 Å². The summed E-state index contributed by atoms with van der Waals surface area (Å²) in [4.78, 5) is 10.2. The molecule has 0 fully saturated rings. The van der Waals surface area contributed by atoms with Crippen molar-refractivity contribution in [2.75, 3.05) is 26.1 Å². The van der Waals surface area contributed by atoms with Gasteiger partial charge in [0.2, 0.25) is 10.0 Å². The van der Waals surface area contributed by atoms with Crippen LogP contribution < -0.4 is 10.0 Å². The number of ether oxygens (including phenoxy) is 1. The van der Waals surface area contributed by atoms with Crippen LogP contribution in [0.5, 0.6) is 0 Å². The Balaban J connectivity index is 3.01. The molecule has 0 heterocycles. The summed E-state index contributed by atoms with van der Waals surface area (Å²) in [5, 5.41) is 13.4. The quantitative estimate of drug-likeness (QED) is 0.553. The van der Waals surface area contributed by atoms with E-state index in [4.69, 9.17) is 4.74 Å². The molecule has 0 aromatic heterocycles. The Kier molecular flexibility index (Phi) is 6.06. The number of hydrogen-bond donors (Lipinski definition) is 2. The molecule has 0 saturated heterocycles. The van der Waals surface area contributed by atoms with E-state index in [0.29, 0.717) is 13.0 Å². The average molecular weight is 317 g/mol. The Labute approximate surface area is 123 Å². The standard InChI is InChI=1S/C12H19N3O5S/c1-9(6-7-20-3)14-21(18,19)10-4-5-12(15(16)17)11(8-10)13-2/h4-5,8-9,13-14H,6-7H2,1-3H3.